The predicted molar refractivity (Wildman–Crippen MR) is 107 cm³/mol. The zero-order valence-electron chi connectivity index (χ0n) is 15.3. The number of para-hydroxylation sites is 1. The van der Waals surface area contributed by atoms with E-state index in [2.05, 4.69) is 10.3 Å². The molecule has 0 saturated heterocycles. The molecule has 140 valence electrons. The second-order valence-corrected chi connectivity index (χ2v) is 6.99. The first-order chi connectivity index (χ1) is 13.5. The molecule has 3 aromatic rings. The monoisotopic (exact) mass is 391 g/mol. The summed E-state index contributed by atoms with van der Waals surface area (Å²) in [6.45, 7) is 3.21. The third-order valence-electron chi connectivity index (χ3n) is 3.96. The Hall–Kier alpha value is -3.50. The zero-order chi connectivity index (χ0) is 20.1. The molecule has 0 aliphatic heterocycles. The largest absolute Gasteiger partial charge is 0.448 e. The lowest BCUT2D eigenvalue weighted by molar-refractivity contribution is -0.123. The van der Waals surface area contributed by atoms with E-state index in [-0.39, 0.29) is 0 Å². The van der Waals surface area contributed by atoms with Crippen molar-refractivity contribution in [2.24, 2.45) is 0 Å². The van der Waals surface area contributed by atoms with Gasteiger partial charge in [-0.25, -0.2) is 9.78 Å². The lowest BCUT2D eigenvalue weighted by atomic mass is 10.2. The van der Waals surface area contributed by atoms with E-state index >= 15 is 0 Å². The molecule has 2 aromatic carbocycles. The molecule has 0 radical (unpaired) electrons. The highest BCUT2D eigenvalue weighted by molar-refractivity contribution is 7.17. The fraction of sp³-hybridized carbons (Fsp3) is 0.143. The molecular formula is C21H17N3O3S. The lowest BCUT2D eigenvalue weighted by Gasteiger charge is -2.13. The van der Waals surface area contributed by atoms with Crippen LogP contribution < -0.4 is 5.32 Å². The van der Waals surface area contributed by atoms with E-state index < -0.39 is 18.0 Å². The van der Waals surface area contributed by atoms with Crippen LogP contribution in [-0.4, -0.2) is 23.0 Å². The van der Waals surface area contributed by atoms with E-state index in [4.69, 9.17) is 10.00 Å². The van der Waals surface area contributed by atoms with Gasteiger partial charge in [0.15, 0.2) is 6.10 Å². The third-order valence-corrected chi connectivity index (χ3v) is 5.15. The third kappa shape index (κ3) is 4.24. The maximum absolute atomic E-state index is 12.5. The maximum Gasteiger partial charge on any atom is 0.351 e. The Labute approximate surface area is 166 Å². The minimum atomic E-state index is -1.03. The van der Waals surface area contributed by atoms with Gasteiger partial charge in [0.25, 0.3) is 5.91 Å². The van der Waals surface area contributed by atoms with Crippen molar-refractivity contribution in [1.29, 1.82) is 5.26 Å². The average Bonchev–Trinajstić information content (AvgIpc) is 3.10. The summed E-state index contributed by atoms with van der Waals surface area (Å²) >= 11 is 1.22. The molecule has 0 saturated carbocycles. The molecular weight excluding hydrogens is 374 g/mol. The van der Waals surface area contributed by atoms with Crippen LogP contribution in [0.25, 0.3) is 10.6 Å². The van der Waals surface area contributed by atoms with Gasteiger partial charge in [-0.2, -0.15) is 5.26 Å². The molecule has 3 rings (SSSR count). The van der Waals surface area contributed by atoms with Crippen LogP contribution in [-0.2, 0) is 9.53 Å². The van der Waals surface area contributed by atoms with E-state index in [1.54, 1.807) is 31.2 Å². The highest BCUT2D eigenvalue weighted by Crippen LogP contribution is 2.28. The highest BCUT2D eigenvalue weighted by Gasteiger charge is 2.23. The zero-order valence-corrected chi connectivity index (χ0v) is 16.1. The fourth-order valence-corrected chi connectivity index (χ4v) is 3.44. The number of nitrogens with zero attached hydrogens (tertiary/aromatic N) is 2. The first kappa shape index (κ1) is 19.3. The van der Waals surface area contributed by atoms with Gasteiger partial charge in [-0.15, -0.1) is 11.3 Å². The van der Waals surface area contributed by atoms with E-state index in [9.17, 15) is 9.59 Å². The van der Waals surface area contributed by atoms with E-state index in [1.165, 1.54) is 18.3 Å². The molecule has 0 spiro atoms. The molecule has 0 aliphatic rings. The molecule has 1 heterocycles. The molecule has 28 heavy (non-hydrogen) atoms. The van der Waals surface area contributed by atoms with Gasteiger partial charge in [-0.05, 0) is 26.0 Å². The number of thiazole rings is 1. The van der Waals surface area contributed by atoms with Crippen LogP contribution in [0.1, 0.15) is 27.9 Å². The van der Waals surface area contributed by atoms with Crippen LogP contribution in [0.2, 0.25) is 0 Å². The van der Waals surface area contributed by atoms with Crippen molar-refractivity contribution in [3.05, 3.63) is 70.7 Å². The molecule has 6 nitrogen and oxygen atoms in total. The van der Waals surface area contributed by atoms with Gasteiger partial charge < -0.3 is 10.1 Å². The van der Waals surface area contributed by atoms with Crippen LogP contribution in [0.5, 0.6) is 0 Å². The standard InChI is InChI=1S/C21H17N3O3S/c1-13-18(28-20(23-13)15-8-4-3-5-9-15)21(26)27-14(2)19(25)24-17-11-7-6-10-16(17)12-22/h3-11,14H,1-2H3,(H,24,25)/t14-/m0/s1. The summed E-state index contributed by atoms with van der Waals surface area (Å²) in [5.41, 5.74) is 2.17. The van der Waals surface area contributed by atoms with Gasteiger partial charge >= 0.3 is 5.97 Å². The number of ether oxygens (including phenoxy) is 1. The molecule has 0 unspecified atom stereocenters. The average molecular weight is 391 g/mol. The molecule has 7 heteroatoms. The summed E-state index contributed by atoms with van der Waals surface area (Å²) in [4.78, 5) is 29.6. The maximum atomic E-state index is 12.5. The summed E-state index contributed by atoms with van der Waals surface area (Å²) in [7, 11) is 0. The smallest absolute Gasteiger partial charge is 0.351 e. The SMILES string of the molecule is Cc1nc(-c2ccccc2)sc1C(=O)O[C@@H](C)C(=O)Nc1ccccc1C#N. The summed E-state index contributed by atoms with van der Waals surface area (Å²) in [6, 6.07) is 18.2. The summed E-state index contributed by atoms with van der Waals surface area (Å²) in [6.07, 6.45) is -1.03. The number of amides is 1. The summed E-state index contributed by atoms with van der Waals surface area (Å²) in [5.74, 6) is -1.12. The normalized spacial score (nSPS) is 11.3. The first-order valence-corrected chi connectivity index (χ1v) is 9.35. The van der Waals surface area contributed by atoms with Crippen LogP contribution >= 0.6 is 11.3 Å². The number of aryl methyl sites for hydroxylation is 1. The number of nitrogens with one attached hydrogen (secondary N) is 1. The number of carbonyl (C=O) groups is 2. The quantitative estimate of drug-likeness (QED) is 0.659. The Morgan fingerprint density at radius 1 is 1.14 bits per heavy atom. The topological polar surface area (TPSA) is 92.1 Å². The molecule has 1 atom stereocenters. The first-order valence-electron chi connectivity index (χ1n) is 8.53. The number of hydrogen-bond acceptors (Lipinski definition) is 6. The van der Waals surface area contributed by atoms with Crippen molar-refractivity contribution in [3.63, 3.8) is 0 Å². The Morgan fingerprint density at radius 3 is 2.54 bits per heavy atom. The van der Waals surface area contributed by atoms with Crippen LogP contribution in [0.3, 0.4) is 0 Å². The van der Waals surface area contributed by atoms with Crippen molar-refractivity contribution in [2.75, 3.05) is 5.32 Å². The number of carbonyl (C=O) groups excluding carboxylic acids is 2. The Balaban J connectivity index is 1.70. The molecule has 0 bridgehead atoms. The Bertz CT molecular complexity index is 1050. The van der Waals surface area contributed by atoms with E-state index in [0.29, 0.717) is 26.8 Å². The van der Waals surface area contributed by atoms with Crippen LogP contribution in [0.15, 0.2) is 54.6 Å². The second kappa shape index (κ2) is 8.46. The molecule has 0 aliphatic carbocycles. The summed E-state index contributed by atoms with van der Waals surface area (Å²) in [5, 5.41) is 12.4. The number of aromatic nitrogens is 1. The Kier molecular flexibility index (Phi) is 5.82. The molecule has 0 fully saturated rings. The lowest BCUT2D eigenvalue weighted by Crippen LogP contribution is -2.30. The van der Waals surface area contributed by atoms with Crippen molar-refractivity contribution < 1.29 is 14.3 Å². The van der Waals surface area contributed by atoms with Crippen molar-refractivity contribution in [3.8, 4) is 16.6 Å². The summed E-state index contributed by atoms with van der Waals surface area (Å²) < 4.78 is 5.31. The number of esters is 1. The van der Waals surface area contributed by atoms with Crippen LogP contribution in [0, 0.1) is 18.3 Å². The van der Waals surface area contributed by atoms with Gasteiger partial charge in [0.2, 0.25) is 0 Å². The number of benzene rings is 2. The number of hydrogen-bond donors (Lipinski definition) is 1. The van der Waals surface area contributed by atoms with Crippen molar-refractivity contribution in [1.82, 2.24) is 4.98 Å². The van der Waals surface area contributed by atoms with Crippen molar-refractivity contribution in [2.45, 2.75) is 20.0 Å². The predicted octanol–water partition coefficient (Wildman–Crippen LogP) is 4.17. The molecule has 1 aromatic heterocycles. The van der Waals surface area contributed by atoms with Gasteiger partial charge in [-0.3, -0.25) is 4.79 Å². The van der Waals surface area contributed by atoms with Crippen LogP contribution in [0.4, 0.5) is 5.69 Å². The van der Waals surface area contributed by atoms with Gasteiger partial charge in [0.05, 0.1) is 16.9 Å². The van der Waals surface area contributed by atoms with Crippen molar-refractivity contribution >= 4 is 28.9 Å². The van der Waals surface area contributed by atoms with Gasteiger partial charge in [0.1, 0.15) is 16.0 Å². The van der Waals surface area contributed by atoms with E-state index in [1.807, 2.05) is 36.4 Å². The fourth-order valence-electron chi connectivity index (χ4n) is 2.48. The minimum Gasteiger partial charge on any atom is -0.448 e. The Morgan fingerprint density at radius 2 is 1.82 bits per heavy atom. The highest BCUT2D eigenvalue weighted by atomic mass is 32.1. The second-order valence-electron chi connectivity index (χ2n) is 5.99. The minimum absolute atomic E-state index is 0.334. The number of rotatable bonds is 5. The van der Waals surface area contributed by atoms with Gasteiger partial charge in [0, 0.05) is 5.56 Å². The number of nitriles is 1. The molecule has 1 amide bonds. The number of anilines is 1. The van der Waals surface area contributed by atoms with Gasteiger partial charge in [-0.1, -0.05) is 42.5 Å². The molecule has 1 N–H and O–H groups in total. The van der Waals surface area contributed by atoms with E-state index in [0.717, 1.165) is 5.56 Å².